The van der Waals surface area contributed by atoms with E-state index in [1.807, 2.05) is 0 Å². The van der Waals surface area contributed by atoms with Gasteiger partial charge in [0.25, 0.3) is 0 Å². The third kappa shape index (κ3) is 2.91. The lowest BCUT2D eigenvalue weighted by Crippen LogP contribution is -2.33. The third-order valence-electron chi connectivity index (χ3n) is 2.53. The minimum atomic E-state index is -0.0847. The Kier molecular flexibility index (Phi) is 3.53. The summed E-state index contributed by atoms with van der Waals surface area (Å²) >= 11 is 0. The molecule has 0 radical (unpaired) electrons. The van der Waals surface area contributed by atoms with Crippen molar-refractivity contribution in [3.05, 3.63) is 24.2 Å². The molecule has 0 amide bonds. The van der Waals surface area contributed by atoms with Crippen molar-refractivity contribution >= 4 is 5.78 Å². The number of carbonyl (C=O) groups is 1. The minimum Gasteiger partial charge on any atom is -0.461 e. The highest BCUT2D eigenvalue weighted by Gasteiger charge is 2.16. The van der Waals surface area contributed by atoms with E-state index in [4.69, 9.17) is 9.15 Å². The highest BCUT2D eigenvalue weighted by Crippen LogP contribution is 2.08. The Bertz CT molecular complexity index is 302. The van der Waals surface area contributed by atoms with Crippen LogP contribution in [0, 0.1) is 0 Å². The summed E-state index contributed by atoms with van der Waals surface area (Å²) < 4.78 is 10.5. The van der Waals surface area contributed by atoms with Gasteiger partial charge in [-0.15, -0.1) is 0 Å². The molecule has 4 heteroatoms. The largest absolute Gasteiger partial charge is 0.461 e. The van der Waals surface area contributed by atoms with Crippen LogP contribution in [-0.2, 0) is 4.74 Å². The molecule has 4 nitrogen and oxygen atoms in total. The normalized spacial score (nSPS) is 17.9. The maximum Gasteiger partial charge on any atom is 0.223 e. The molecule has 1 aromatic rings. The molecule has 0 saturated carbocycles. The number of hydrogen-bond donors (Lipinski definition) is 1. The van der Waals surface area contributed by atoms with Crippen molar-refractivity contribution < 1.29 is 13.9 Å². The summed E-state index contributed by atoms with van der Waals surface area (Å²) in [7, 11) is 0. The summed E-state index contributed by atoms with van der Waals surface area (Å²) in [6, 6.07) is 3.37. The molecule has 2 heterocycles. The van der Waals surface area contributed by atoms with Crippen molar-refractivity contribution in [2.75, 3.05) is 19.7 Å². The average Bonchev–Trinajstić information content (AvgIpc) is 2.81. The Morgan fingerprint density at radius 3 is 3.00 bits per heavy atom. The number of piperidine rings is 1. The lowest BCUT2D eigenvalue weighted by Gasteiger charge is -2.22. The third-order valence-corrected chi connectivity index (χ3v) is 2.53. The van der Waals surface area contributed by atoms with Gasteiger partial charge in [0.15, 0.2) is 5.76 Å². The molecule has 1 aromatic heterocycles. The summed E-state index contributed by atoms with van der Waals surface area (Å²) in [6.45, 7) is 2.07. The van der Waals surface area contributed by atoms with E-state index in [9.17, 15) is 4.79 Å². The molecular formula is C11H15NO3. The van der Waals surface area contributed by atoms with Crippen LogP contribution in [0.15, 0.2) is 22.8 Å². The average molecular weight is 209 g/mol. The number of rotatable bonds is 4. The van der Waals surface area contributed by atoms with E-state index < -0.39 is 0 Å². The molecule has 1 aliphatic rings. The van der Waals surface area contributed by atoms with Crippen molar-refractivity contribution in [1.82, 2.24) is 5.32 Å². The Morgan fingerprint density at radius 1 is 1.53 bits per heavy atom. The summed E-state index contributed by atoms with van der Waals surface area (Å²) in [6.07, 6.45) is 3.67. The molecule has 0 atom stereocenters. The van der Waals surface area contributed by atoms with Gasteiger partial charge in [-0.2, -0.15) is 0 Å². The van der Waals surface area contributed by atoms with Crippen LogP contribution < -0.4 is 5.32 Å². The van der Waals surface area contributed by atoms with Gasteiger partial charge < -0.3 is 14.5 Å². The monoisotopic (exact) mass is 209 g/mol. The summed E-state index contributed by atoms with van der Waals surface area (Å²) in [5.41, 5.74) is 0. The fraction of sp³-hybridized carbons (Fsp3) is 0.545. The van der Waals surface area contributed by atoms with Crippen LogP contribution in [-0.4, -0.2) is 31.6 Å². The fourth-order valence-corrected chi connectivity index (χ4v) is 1.66. The number of carbonyl (C=O) groups excluding carboxylic acids is 1. The number of nitrogens with one attached hydrogen (secondary N) is 1. The second-order valence-electron chi connectivity index (χ2n) is 3.66. The first-order valence-corrected chi connectivity index (χ1v) is 5.25. The molecule has 15 heavy (non-hydrogen) atoms. The van der Waals surface area contributed by atoms with Gasteiger partial charge in [0.2, 0.25) is 5.78 Å². The van der Waals surface area contributed by atoms with E-state index >= 15 is 0 Å². The van der Waals surface area contributed by atoms with Crippen molar-refractivity contribution in [1.29, 1.82) is 0 Å². The lowest BCUT2D eigenvalue weighted by atomic mass is 10.1. The molecular weight excluding hydrogens is 194 g/mol. The van der Waals surface area contributed by atoms with Gasteiger partial charge in [-0.3, -0.25) is 4.79 Å². The van der Waals surface area contributed by atoms with Crippen LogP contribution in [0.5, 0.6) is 0 Å². The quantitative estimate of drug-likeness (QED) is 0.758. The zero-order chi connectivity index (χ0) is 10.5. The van der Waals surface area contributed by atoms with Crippen LogP contribution in [0.4, 0.5) is 0 Å². The molecule has 0 bridgehead atoms. The van der Waals surface area contributed by atoms with Gasteiger partial charge in [-0.05, 0) is 38.1 Å². The van der Waals surface area contributed by atoms with Gasteiger partial charge in [0.05, 0.1) is 12.4 Å². The van der Waals surface area contributed by atoms with E-state index in [0.717, 1.165) is 25.9 Å². The maximum atomic E-state index is 11.5. The summed E-state index contributed by atoms with van der Waals surface area (Å²) in [5.74, 6) is 0.294. The molecule has 1 fully saturated rings. The first-order valence-electron chi connectivity index (χ1n) is 5.25. The Hall–Kier alpha value is -1.13. The predicted molar refractivity (Wildman–Crippen MR) is 54.9 cm³/mol. The maximum absolute atomic E-state index is 11.5. The fourth-order valence-electron chi connectivity index (χ4n) is 1.66. The second kappa shape index (κ2) is 5.09. The van der Waals surface area contributed by atoms with Gasteiger partial charge in [-0.25, -0.2) is 0 Å². The molecule has 0 aliphatic carbocycles. The zero-order valence-electron chi connectivity index (χ0n) is 8.57. The smallest absolute Gasteiger partial charge is 0.223 e. The minimum absolute atomic E-state index is 0.0847. The van der Waals surface area contributed by atoms with Crippen molar-refractivity contribution in [2.24, 2.45) is 0 Å². The summed E-state index contributed by atoms with van der Waals surface area (Å²) in [5, 5.41) is 3.25. The predicted octanol–water partition coefficient (Wildman–Crippen LogP) is 1.23. The Labute approximate surface area is 88.6 Å². The number of ketones is 1. The van der Waals surface area contributed by atoms with Crippen LogP contribution in [0.1, 0.15) is 23.4 Å². The van der Waals surface area contributed by atoms with Gasteiger partial charge in [0, 0.05) is 0 Å². The Morgan fingerprint density at radius 2 is 2.33 bits per heavy atom. The van der Waals surface area contributed by atoms with Crippen molar-refractivity contribution in [3.63, 3.8) is 0 Å². The first kappa shape index (κ1) is 10.4. The molecule has 0 unspecified atom stereocenters. The second-order valence-corrected chi connectivity index (χ2v) is 3.66. The van der Waals surface area contributed by atoms with Gasteiger partial charge >= 0.3 is 0 Å². The molecule has 82 valence electrons. The summed E-state index contributed by atoms with van der Waals surface area (Å²) in [4.78, 5) is 11.5. The topological polar surface area (TPSA) is 51.5 Å². The Balaban J connectivity index is 1.75. The molecule has 0 aromatic carbocycles. The number of Topliss-reactive ketones (excluding diaryl/α,β-unsaturated/α-hetero) is 1. The van der Waals surface area contributed by atoms with Gasteiger partial charge in [0.1, 0.15) is 6.61 Å². The van der Waals surface area contributed by atoms with E-state index in [0.29, 0.717) is 5.76 Å². The molecule has 1 saturated heterocycles. The van der Waals surface area contributed by atoms with E-state index in [1.54, 1.807) is 12.1 Å². The van der Waals surface area contributed by atoms with E-state index in [1.165, 1.54) is 6.26 Å². The van der Waals surface area contributed by atoms with E-state index in [2.05, 4.69) is 5.32 Å². The highest BCUT2D eigenvalue weighted by atomic mass is 16.5. The highest BCUT2D eigenvalue weighted by molar-refractivity contribution is 5.94. The number of ether oxygens (including phenoxy) is 1. The van der Waals surface area contributed by atoms with Crippen LogP contribution in [0.2, 0.25) is 0 Å². The number of furan rings is 1. The van der Waals surface area contributed by atoms with Crippen LogP contribution in [0.25, 0.3) is 0 Å². The van der Waals surface area contributed by atoms with Crippen LogP contribution in [0.3, 0.4) is 0 Å². The van der Waals surface area contributed by atoms with Crippen molar-refractivity contribution in [2.45, 2.75) is 18.9 Å². The molecule has 1 aliphatic heterocycles. The van der Waals surface area contributed by atoms with Crippen molar-refractivity contribution in [3.8, 4) is 0 Å². The van der Waals surface area contributed by atoms with E-state index in [-0.39, 0.29) is 18.5 Å². The molecule has 0 spiro atoms. The standard InChI is InChI=1S/C11H15NO3/c13-10(11-2-1-7-14-11)8-15-9-3-5-12-6-4-9/h1-2,7,9,12H,3-6,8H2. The van der Waals surface area contributed by atoms with Crippen LogP contribution >= 0.6 is 0 Å². The number of hydrogen-bond acceptors (Lipinski definition) is 4. The molecule has 1 N–H and O–H groups in total. The molecule has 2 rings (SSSR count). The SMILES string of the molecule is O=C(COC1CCNCC1)c1ccco1. The lowest BCUT2D eigenvalue weighted by molar-refractivity contribution is 0.0303. The first-order chi connectivity index (χ1) is 7.36. The van der Waals surface area contributed by atoms with Gasteiger partial charge in [-0.1, -0.05) is 0 Å². The zero-order valence-corrected chi connectivity index (χ0v) is 8.57.